The van der Waals surface area contributed by atoms with E-state index < -0.39 is 0 Å². The third-order valence-corrected chi connectivity index (χ3v) is 4.08. The summed E-state index contributed by atoms with van der Waals surface area (Å²) in [5.41, 5.74) is 3.05. The first kappa shape index (κ1) is 13.2. The lowest BCUT2D eigenvalue weighted by atomic mass is 10.0. The zero-order chi connectivity index (χ0) is 14.1. The quantitative estimate of drug-likeness (QED) is 0.903. The summed E-state index contributed by atoms with van der Waals surface area (Å²) in [5, 5.41) is 3.17. The summed E-state index contributed by atoms with van der Waals surface area (Å²) in [6.45, 7) is 2.39. The van der Waals surface area contributed by atoms with Gasteiger partial charge in [0.2, 0.25) is 5.91 Å². The van der Waals surface area contributed by atoms with Crippen molar-refractivity contribution in [2.75, 3.05) is 16.8 Å². The lowest BCUT2D eigenvalue weighted by molar-refractivity contribution is -0.117. The number of nitrogens with one attached hydrogen (secondary N) is 1. The van der Waals surface area contributed by atoms with E-state index in [1.165, 1.54) is 0 Å². The van der Waals surface area contributed by atoms with E-state index in [1.807, 2.05) is 41.3 Å². The van der Waals surface area contributed by atoms with Crippen LogP contribution in [-0.2, 0) is 4.79 Å². The van der Waals surface area contributed by atoms with Gasteiger partial charge in [0.25, 0.3) is 0 Å². The Balaban J connectivity index is 2.03. The minimum atomic E-state index is 0.0192. The van der Waals surface area contributed by atoms with Crippen molar-refractivity contribution >= 4 is 33.2 Å². The fraction of sp³-hybridized carbons (Fsp3) is 0.188. The largest absolute Gasteiger partial charge is 0.374 e. The molecule has 2 aromatic rings. The molecule has 1 amide bonds. The van der Waals surface area contributed by atoms with Crippen molar-refractivity contribution in [2.24, 2.45) is 0 Å². The summed E-state index contributed by atoms with van der Waals surface area (Å²) in [6.07, 6.45) is 0. The number of benzene rings is 2. The fourth-order valence-corrected chi connectivity index (χ4v) is 2.92. The number of rotatable bonds is 2. The van der Waals surface area contributed by atoms with E-state index in [1.54, 1.807) is 0 Å². The molecule has 0 saturated heterocycles. The van der Waals surface area contributed by atoms with E-state index in [4.69, 9.17) is 0 Å². The molecular formula is C16H15BrN2O. The summed E-state index contributed by atoms with van der Waals surface area (Å²) < 4.78 is 1.01. The molecule has 1 heterocycles. The van der Waals surface area contributed by atoms with Crippen LogP contribution < -0.4 is 10.2 Å². The Morgan fingerprint density at radius 1 is 1.20 bits per heavy atom. The summed E-state index contributed by atoms with van der Waals surface area (Å²) in [6, 6.07) is 16.1. The molecule has 102 valence electrons. The smallest absolute Gasteiger partial charge is 0.246 e. The van der Waals surface area contributed by atoms with Crippen LogP contribution >= 0.6 is 15.9 Å². The Labute approximate surface area is 126 Å². The average Bonchev–Trinajstić information content (AvgIpc) is 2.48. The molecule has 0 spiro atoms. The molecule has 3 rings (SSSR count). The number of halogens is 1. The van der Waals surface area contributed by atoms with Gasteiger partial charge in [0.15, 0.2) is 0 Å². The lowest BCUT2D eigenvalue weighted by Crippen LogP contribution is -2.41. The van der Waals surface area contributed by atoms with Crippen molar-refractivity contribution in [3.05, 3.63) is 58.6 Å². The highest BCUT2D eigenvalue weighted by atomic mass is 79.9. The van der Waals surface area contributed by atoms with E-state index in [0.29, 0.717) is 6.54 Å². The van der Waals surface area contributed by atoms with E-state index in [9.17, 15) is 4.79 Å². The Morgan fingerprint density at radius 2 is 1.95 bits per heavy atom. The number of hydrogen-bond donors (Lipinski definition) is 1. The van der Waals surface area contributed by atoms with Crippen LogP contribution in [0.5, 0.6) is 0 Å². The third kappa shape index (κ3) is 2.31. The van der Waals surface area contributed by atoms with Gasteiger partial charge in [-0.1, -0.05) is 46.3 Å². The monoisotopic (exact) mass is 330 g/mol. The molecule has 20 heavy (non-hydrogen) atoms. The molecule has 0 radical (unpaired) electrons. The standard InChI is InChI=1S/C16H15BrN2O/c1-11(12-5-3-2-4-6-12)19-15-8-7-13(17)9-14(15)18-10-16(19)20/h2-9,11,18H,10H2,1H3. The maximum atomic E-state index is 12.3. The average molecular weight is 331 g/mol. The zero-order valence-electron chi connectivity index (χ0n) is 11.1. The SMILES string of the molecule is CC(c1ccccc1)N1C(=O)CNc2cc(Br)ccc21. The molecule has 1 atom stereocenters. The molecule has 0 aromatic heterocycles. The van der Waals surface area contributed by atoms with Gasteiger partial charge in [0, 0.05) is 4.47 Å². The number of fused-ring (bicyclic) bond motifs is 1. The molecule has 0 fully saturated rings. The predicted octanol–water partition coefficient (Wildman–Crippen LogP) is 3.97. The molecule has 0 bridgehead atoms. The van der Waals surface area contributed by atoms with Gasteiger partial charge in [-0.05, 0) is 30.7 Å². The molecule has 0 saturated carbocycles. The number of nitrogens with zero attached hydrogens (tertiary/aromatic N) is 1. The number of anilines is 2. The van der Waals surface area contributed by atoms with Gasteiger partial charge >= 0.3 is 0 Å². The molecule has 1 aliphatic heterocycles. The van der Waals surface area contributed by atoms with Gasteiger partial charge in [-0.25, -0.2) is 0 Å². The number of carbonyl (C=O) groups excluding carboxylic acids is 1. The molecule has 1 unspecified atom stereocenters. The second-order valence-corrected chi connectivity index (χ2v) is 5.78. The van der Waals surface area contributed by atoms with Crippen molar-refractivity contribution in [2.45, 2.75) is 13.0 Å². The Kier molecular flexibility index (Phi) is 3.49. The highest BCUT2D eigenvalue weighted by molar-refractivity contribution is 9.10. The van der Waals surface area contributed by atoms with Crippen molar-refractivity contribution in [1.29, 1.82) is 0 Å². The maximum absolute atomic E-state index is 12.3. The zero-order valence-corrected chi connectivity index (χ0v) is 12.7. The van der Waals surface area contributed by atoms with Crippen LogP contribution in [0.2, 0.25) is 0 Å². The van der Waals surface area contributed by atoms with Gasteiger partial charge in [-0.2, -0.15) is 0 Å². The Bertz CT molecular complexity index is 642. The fourth-order valence-electron chi connectivity index (χ4n) is 2.56. The summed E-state index contributed by atoms with van der Waals surface area (Å²) >= 11 is 3.46. The molecule has 4 heteroatoms. The van der Waals surface area contributed by atoms with Crippen LogP contribution in [0.25, 0.3) is 0 Å². The summed E-state index contributed by atoms with van der Waals surface area (Å²) in [4.78, 5) is 14.2. The van der Waals surface area contributed by atoms with E-state index >= 15 is 0 Å². The minimum Gasteiger partial charge on any atom is -0.374 e. The minimum absolute atomic E-state index is 0.0192. The van der Waals surface area contributed by atoms with Crippen molar-refractivity contribution in [3.63, 3.8) is 0 Å². The van der Waals surface area contributed by atoms with Gasteiger partial charge in [0.05, 0.1) is 24.0 Å². The molecular weight excluding hydrogens is 316 g/mol. The Morgan fingerprint density at radius 3 is 2.70 bits per heavy atom. The van der Waals surface area contributed by atoms with E-state index in [-0.39, 0.29) is 11.9 Å². The van der Waals surface area contributed by atoms with Crippen LogP contribution in [0.1, 0.15) is 18.5 Å². The van der Waals surface area contributed by atoms with Crippen molar-refractivity contribution < 1.29 is 4.79 Å². The van der Waals surface area contributed by atoms with Crippen LogP contribution in [0.4, 0.5) is 11.4 Å². The van der Waals surface area contributed by atoms with Crippen molar-refractivity contribution in [1.82, 2.24) is 0 Å². The number of hydrogen-bond acceptors (Lipinski definition) is 2. The first-order valence-electron chi connectivity index (χ1n) is 6.57. The first-order chi connectivity index (χ1) is 9.66. The maximum Gasteiger partial charge on any atom is 0.246 e. The van der Waals surface area contributed by atoms with E-state index in [2.05, 4.69) is 40.3 Å². The summed E-state index contributed by atoms with van der Waals surface area (Å²) in [7, 11) is 0. The highest BCUT2D eigenvalue weighted by Crippen LogP contribution is 2.37. The second kappa shape index (κ2) is 5.29. The van der Waals surface area contributed by atoms with E-state index in [0.717, 1.165) is 21.4 Å². The van der Waals surface area contributed by atoms with Crippen LogP contribution in [0.15, 0.2) is 53.0 Å². The summed E-state index contributed by atoms with van der Waals surface area (Å²) in [5.74, 6) is 0.0937. The Hall–Kier alpha value is -1.81. The normalized spacial score (nSPS) is 15.5. The van der Waals surface area contributed by atoms with Gasteiger partial charge in [-0.3, -0.25) is 4.79 Å². The topological polar surface area (TPSA) is 32.3 Å². The lowest BCUT2D eigenvalue weighted by Gasteiger charge is -2.35. The first-order valence-corrected chi connectivity index (χ1v) is 7.36. The van der Waals surface area contributed by atoms with Crippen LogP contribution in [-0.4, -0.2) is 12.5 Å². The molecule has 1 N–H and O–H groups in total. The van der Waals surface area contributed by atoms with Gasteiger partial charge < -0.3 is 10.2 Å². The predicted molar refractivity (Wildman–Crippen MR) is 85.0 cm³/mol. The van der Waals surface area contributed by atoms with Crippen LogP contribution in [0.3, 0.4) is 0 Å². The third-order valence-electron chi connectivity index (χ3n) is 3.59. The number of carbonyl (C=O) groups is 1. The van der Waals surface area contributed by atoms with Crippen molar-refractivity contribution in [3.8, 4) is 0 Å². The second-order valence-electron chi connectivity index (χ2n) is 4.87. The molecule has 1 aliphatic rings. The van der Waals surface area contributed by atoms with Crippen LogP contribution in [0, 0.1) is 0 Å². The molecule has 2 aromatic carbocycles. The van der Waals surface area contributed by atoms with Gasteiger partial charge in [-0.15, -0.1) is 0 Å². The molecule has 0 aliphatic carbocycles. The van der Waals surface area contributed by atoms with Gasteiger partial charge in [0.1, 0.15) is 0 Å². The molecule has 3 nitrogen and oxygen atoms in total. The number of amides is 1. The highest BCUT2D eigenvalue weighted by Gasteiger charge is 2.28.